The number of amides is 2. The minimum atomic E-state index is -0.332. The van der Waals surface area contributed by atoms with E-state index in [2.05, 4.69) is 5.32 Å². The summed E-state index contributed by atoms with van der Waals surface area (Å²) in [6.45, 7) is 2.75. The van der Waals surface area contributed by atoms with Crippen LogP contribution in [0.25, 0.3) is 0 Å². The van der Waals surface area contributed by atoms with Crippen LogP contribution < -0.4 is 5.32 Å². The van der Waals surface area contributed by atoms with E-state index >= 15 is 0 Å². The minimum absolute atomic E-state index is 0. The van der Waals surface area contributed by atoms with Crippen molar-refractivity contribution in [2.45, 2.75) is 44.2 Å². The Morgan fingerprint density at radius 1 is 1.27 bits per heavy atom. The summed E-state index contributed by atoms with van der Waals surface area (Å²) >= 11 is 0. The number of rotatable bonds is 5. The minimum Gasteiger partial charge on any atom is -0.368 e. The van der Waals surface area contributed by atoms with Gasteiger partial charge in [0.15, 0.2) is 0 Å². The molecule has 0 aromatic rings. The third-order valence-electron chi connectivity index (χ3n) is 4.35. The van der Waals surface area contributed by atoms with Gasteiger partial charge in [0.25, 0.3) is 5.91 Å². The van der Waals surface area contributed by atoms with Crippen LogP contribution in [0.2, 0.25) is 0 Å². The van der Waals surface area contributed by atoms with Gasteiger partial charge in [-0.1, -0.05) is 0 Å². The maximum Gasteiger partial charge on any atom is 0.252 e. The summed E-state index contributed by atoms with van der Waals surface area (Å²) in [7, 11) is 3.68. The highest BCUT2D eigenvalue weighted by molar-refractivity contribution is 5.89. The van der Waals surface area contributed by atoms with E-state index in [1.807, 2.05) is 14.1 Å². The first-order valence-electron chi connectivity index (χ1n) is 7.97. The number of ether oxygens (including phenoxy) is 1. The zero-order valence-corrected chi connectivity index (χ0v) is 14.4. The summed E-state index contributed by atoms with van der Waals surface area (Å²) in [6.07, 6.45) is 4.13. The number of nitrogens with one attached hydrogen (secondary N) is 1. The van der Waals surface area contributed by atoms with Crippen molar-refractivity contribution in [2.75, 3.05) is 40.3 Å². The van der Waals surface area contributed by atoms with Crippen LogP contribution in [0.1, 0.15) is 32.1 Å². The number of halogens is 1. The Kier molecular flexibility index (Phi) is 8.14. The lowest BCUT2D eigenvalue weighted by Gasteiger charge is -2.37. The zero-order valence-electron chi connectivity index (χ0n) is 13.5. The standard InChI is InChI=1S/C15H27N3O3.ClH/c1-16-8-10-17(2)14(19)12-6-3-4-9-18(12)15(20)13-7-5-11-21-13;/h12-13,16H,3-11H2,1-2H3;1H. The van der Waals surface area contributed by atoms with Gasteiger partial charge in [-0.05, 0) is 39.2 Å². The summed E-state index contributed by atoms with van der Waals surface area (Å²) < 4.78 is 5.50. The second-order valence-electron chi connectivity index (χ2n) is 5.91. The molecule has 0 aromatic carbocycles. The maximum atomic E-state index is 12.6. The average Bonchev–Trinajstić information content (AvgIpc) is 3.05. The lowest BCUT2D eigenvalue weighted by Crippen LogP contribution is -2.55. The van der Waals surface area contributed by atoms with Crippen molar-refractivity contribution in [2.24, 2.45) is 0 Å². The van der Waals surface area contributed by atoms with Gasteiger partial charge in [0.2, 0.25) is 5.91 Å². The van der Waals surface area contributed by atoms with Gasteiger partial charge in [-0.15, -0.1) is 12.4 Å². The van der Waals surface area contributed by atoms with Crippen LogP contribution in [0.15, 0.2) is 0 Å². The van der Waals surface area contributed by atoms with E-state index < -0.39 is 0 Å². The second-order valence-corrected chi connectivity index (χ2v) is 5.91. The molecular weight excluding hydrogens is 306 g/mol. The van der Waals surface area contributed by atoms with Crippen molar-refractivity contribution in [1.82, 2.24) is 15.1 Å². The second kappa shape index (κ2) is 9.33. The number of carbonyl (C=O) groups is 2. The first kappa shape index (κ1) is 19.2. The molecular formula is C15H28ClN3O3. The van der Waals surface area contributed by atoms with Crippen LogP contribution in [0.3, 0.4) is 0 Å². The van der Waals surface area contributed by atoms with Gasteiger partial charge < -0.3 is 19.9 Å². The van der Waals surface area contributed by atoms with Crippen LogP contribution in [0, 0.1) is 0 Å². The highest BCUT2D eigenvalue weighted by atomic mass is 35.5. The molecule has 6 nitrogen and oxygen atoms in total. The molecule has 0 bridgehead atoms. The smallest absolute Gasteiger partial charge is 0.252 e. The van der Waals surface area contributed by atoms with E-state index in [9.17, 15) is 9.59 Å². The van der Waals surface area contributed by atoms with E-state index in [0.717, 1.165) is 38.6 Å². The monoisotopic (exact) mass is 333 g/mol. The molecule has 0 aromatic heterocycles. The molecule has 2 unspecified atom stereocenters. The Morgan fingerprint density at radius 3 is 2.68 bits per heavy atom. The number of likely N-dealkylation sites (tertiary alicyclic amines) is 1. The Hall–Kier alpha value is -0.850. The number of nitrogens with zero attached hydrogens (tertiary/aromatic N) is 2. The van der Waals surface area contributed by atoms with Crippen LogP contribution in [0.5, 0.6) is 0 Å². The Balaban J connectivity index is 0.00000242. The maximum absolute atomic E-state index is 12.6. The zero-order chi connectivity index (χ0) is 15.2. The molecule has 7 heteroatoms. The first-order chi connectivity index (χ1) is 10.1. The molecule has 0 spiro atoms. The van der Waals surface area contributed by atoms with Gasteiger partial charge in [-0.2, -0.15) is 0 Å². The number of piperidine rings is 1. The Labute approximate surface area is 138 Å². The fraction of sp³-hybridized carbons (Fsp3) is 0.867. The highest BCUT2D eigenvalue weighted by Crippen LogP contribution is 2.23. The predicted octanol–water partition coefficient (Wildman–Crippen LogP) is 0.646. The van der Waals surface area contributed by atoms with Crippen molar-refractivity contribution in [3.8, 4) is 0 Å². The molecule has 2 aliphatic heterocycles. The molecule has 2 atom stereocenters. The first-order valence-corrected chi connectivity index (χ1v) is 7.97. The Bertz CT molecular complexity index is 375. The normalized spacial score (nSPS) is 24.7. The average molecular weight is 334 g/mol. The van der Waals surface area contributed by atoms with E-state index in [4.69, 9.17) is 4.74 Å². The van der Waals surface area contributed by atoms with E-state index in [0.29, 0.717) is 19.7 Å². The van der Waals surface area contributed by atoms with Gasteiger partial charge >= 0.3 is 0 Å². The van der Waals surface area contributed by atoms with Gasteiger partial charge in [0.1, 0.15) is 12.1 Å². The van der Waals surface area contributed by atoms with E-state index in [-0.39, 0.29) is 36.4 Å². The highest BCUT2D eigenvalue weighted by Gasteiger charge is 2.37. The topological polar surface area (TPSA) is 61.9 Å². The molecule has 22 heavy (non-hydrogen) atoms. The predicted molar refractivity (Wildman–Crippen MR) is 87.1 cm³/mol. The summed E-state index contributed by atoms with van der Waals surface area (Å²) in [5.41, 5.74) is 0. The molecule has 1 N–H and O–H groups in total. The molecule has 2 saturated heterocycles. The summed E-state index contributed by atoms with van der Waals surface area (Å²) in [5, 5.41) is 3.04. The summed E-state index contributed by atoms with van der Waals surface area (Å²) in [4.78, 5) is 28.7. The molecule has 2 aliphatic rings. The van der Waals surface area contributed by atoms with Crippen molar-refractivity contribution in [3.63, 3.8) is 0 Å². The van der Waals surface area contributed by atoms with Gasteiger partial charge in [-0.3, -0.25) is 9.59 Å². The Morgan fingerprint density at radius 2 is 2.05 bits per heavy atom. The van der Waals surface area contributed by atoms with Gasteiger partial charge in [0.05, 0.1) is 0 Å². The fourth-order valence-corrected chi connectivity index (χ4v) is 3.05. The van der Waals surface area contributed by atoms with Crippen LogP contribution in [0.4, 0.5) is 0 Å². The van der Waals surface area contributed by atoms with Gasteiger partial charge in [0, 0.05) is 33.3 Å². The number of likely N-dealkylation sites (N-methyl/N-ethyl adjacent to an activating group) is 2. The molecule has 0 radical (unpaired) electrons. The third-order valence-corrected chi connectivity index (χ3v) is 4.35. The molecule has 0 saturated carbocycles. The summed E-state index contributed by atoms with van der Waals surface area (Å²) in [6, 6.07) is -0.308. The number of hydrogen-bond acceptors (Lipinski definition) is 4. The quantitative estimate of drug-likeness (QED) is 0.802. The van der Waals surface area contributed by atoms with E-state index in [1.165, 1.54) is 0 Å². The van der Waals surface area contributed by atoms with Crippen molar-refractivity contribution in [1.29, 1.82) is 0 Å². The van der Waals surface area contributed by atoms with Crippen molar-refractivity contribution >= 4 is 24.2 Å². The van der Waals surface area contributed by atoms with Crippen LogP contribution in [-0.2, 0) is 14.3 Å². The van der Waals surface area contributed by atoms with Crippen molar-refractivity contribution < 1.29 is 14.3 Å². The largest absolute Gasteiger partial charge is 0.368 e. The molecule has 2 fully saturated rings. The van der Waals surface area contributed by atoms with Crippen LogP contribution in [-0.4, -0.2) is 74.1 Å². The fourth-order valence-electron chi connectivity index (χ4n) is 3.05. The molecule has 2 heterocycles. The van der Waals surface area contributed by atoms with Gasteiger partial charge in [-0.25, -0.2) is 0 Å². The molecule has 128 valence electrons. The molecule has 0 aliphatic carbocycles. The number of carbonyl (C=O) groups excluding carboxylic acids is 2. The van der Waals surface area contributed by atoms with E-state index in [1.54, 1.807) is 9.80 Å². The third kappa shape index (κ3) is 4.57. The number of hydrogen-bond donors (Lipinski definition) is 1. The van der Waals surface area contributed by atoms with Crippen molar-refractivity contribution in [3.05, 3.63) is 0 Å². The summed E-state index contributed by atoms with van der Waals surface area (Å²) in [5.74, 6) is 0.0591. The van der Waals surface area contributed by atoms with Crippen LogP contribution >= 0.6 is 12.4 Å². The molecule has 2 rings (SSSR count). The SMILES string of the molecule is CNCCN(C)C(=O)C1CCCCN1C(=O)C1CCCO1.Cl. The lowest BCUT2D eigenvalue weighted by atomic mass is 9.99. The lowest BCUT2D eigenvalue weighted by molar-refractivity contribution is -0.152. The molecule has 2 amide bonds.